The van der Waals surface area contributed by atoms with E-state index in [0.717, 1.165) is 43.0 Å². The van der Waals surface area contributed by atoms with Crippen molar-refractivity contribution in [2.75, 3.05) is 6.54 Å². The van der Waals surface area contributed by atoms with Gasteiger partial charge in [0.25, 0.3) is 0 Å². The van der Waals surface area contributed by atoms with Gasteiger partial charge in [-0.05, 0) is 61.9 Å². The van der Waals surface area contributed by atoms with Crippen molar-refractivity contribution in [3.05, 3.63) is 33.8 Å². The van der Waals surface area contributed by atoms with Gasteiger partial charge >= 0.3 is 0 Å². The fourth-order valence-electron chi connectivity index (χ4n) is 4.36. The molecule has 0 amide bonds. The molecule has 104 valence electrons. The molecule has 19 heavy (non-hydrogen) atoms. The first-order chi connectivity index (χ1) is 9.11. The van der Waals surface area contributed by atoms with E-state index in [-0.39, 0.29) is 5.41 Å². The number of hydrogen-bond acceptors (Lipinski definition) is 2. The van der Waals surface area contributed by atoms with E-state index in [1.165, 1.54) is 17.5 Å². The predicted molar refractivity (Wildman–Crippen MR) is 81.2 cm³/mol. The molecule has 2 atom stereocenters. The lowest BCUT2D eigenvalue weighted by Gasteiger charge is -2.54. The van der Waals surface area contributed by atoms with Crippen LogP contribution in [0.1, 0.15) is 49.7 Å². The van der Waals surface area contributed by atoms with Crippen LogP contribution in [0.5, 0.6) is 0 Å². The lowest BCUT2D eigenvalue weighted by atomic mass is 9.53. The third-order valence-electron chi connectivity index (χ3n) is 5.30. The third kappa shape index (κ3) is 1.98. The number of benzene rings is 1. The van der Waals surface area contributed by atoms with Gasteiger partial charge in [0, 0.05) is 9.89 Å². The van der Waals surface area contributed by atoms with Crippen LogP contribution >= 0.6 is 15.9 Å². The maximum absolute atomic E-state index is 11.2. The summed E-state index contributed by atoms with van der Waals surface area (Å²) in [6.45, 7) is 0.647. The summed E-state index contributed by atoms with van der Waals surface area (Å²) in [5.41, 5.74) is 7.99. The minimum atomic E-state index is -0.543. The molecule has 0 bridgehead atoms. The molecule has 0 aromatic heterocycles. The minimum Gasteiger partial charge on any atom is -0.389 e. The van der Waals surface area contributed by atoms with Crippen LogP contribution in [0, 0.1) is 0 Å². The quantitative estimate of drug-likeness (QED) is 0.877. The normalized spacial score (nSPS) is 33.6. The van der Waals surface area contributed by atoms with Gasteiger partial charge in [-0.15, -0.1) is 0 Å². The van der Waals surface area contributed by atoms with Crippen molar-refractivity contribution in [2.24, 2.45) is 5.73 Å². The van der Waals surface area contributed by atoms with Crippen molar-refractivity contribution in [3.63, 3.8) is 0 Å². The van der Waals surface area contributed by atoms with Crippen LogP contribution in [-0.2, 0) is 11.8 Å². The Morgan fingerprint density at radius 1 is 1.21 bits per heavy atom. The Hall–Kier alpha value is -0.380. The molecule has 1 aromatic carbocycles. The second kappa shape index (κ2) is 4.87. The molecule has 0 heterocycles. The summed E-state index contributed by atoms with van der Waals surface area (Å²) >= 11 is 3.59. The van der Waals surface area contributed by atoms with Crippen LogP contribution in [0.4, 0.5) is 0 Å². The standard InChI is InChI=1S/C16H22BrNO/c17-13-4-3-12-5-8-16(19)7-2-1-6-15(16,9-10-18)14(12)11-13/h3-4,11,19H,1-2,5-10,18H2. The number of hydrogen-bond donors (Lipinski definition) is 2. The molecule has 2 aliphatic carbocycles. The van der Waals surface area contributed by atoms with E-state index in [1.807, 2.05) is 0 Å². The summed E-state index contributed by atoms with van der Waals surface area (Å²) in [4.78, 5) is 0. The van der Waals surface area contributed by atoms with E-state index < -0.39 is 5.60 Å². The lowest BCUT2D eigenvalue weighted by molar-refractivity contribution is -0.0862. The highest BCUT2D eigenvalue weighted by molar-refractivity contribution is 9.10. The molecule has 3 N–H and O–H groups in total. The van der Waals surface area contributed by atoms with Crippen molar-refractivity contribution in [3.8, 4) is 0 Å². The van der Waals surface area contributed by atoms with E-state index in [1.54, 1.807) is 0 Å². The van der Waals surface area contributed by atoms with E-state index in [0.29, 0.717) is 6.54 Å². The number of fused-ring (bicyclic) bond motifs is 3. The van der Waals surface area contributed by atoms with Crippen molar-refractivity contribution in [2.45, 2.75) is 56.0 Å². The summed E-state index contributed by atoms with van der Waals surface area (Å²) < 4.78 is 1.11. The average molecular weight is 324 g/mol. The Balaban J connectivity index is 2.17. The van der Waals surface area contributed by atoms with E-state index in [2.05, 4.69) is 34.1 Å². The maximum Gasteiger partial charge on any atom is 0.0747 e. The van der Waals surface area contributed by atoms with Crippen LogP contribution in [-0.4, -0.2) is 17.3 Å². The van der Waals surface area contributed by atoms with Crippen LogP contribution in [0.2, 0.25) is 0 Å². The molecule has 2 unspecified atom stereocenters. The summed E-state index contributed by atoms with van der Waals surface area (Å²) in [6, 6.07) is 6.55. The molecular formula is C16H22BrNO. The third-order valence-corrected chi connectivity index (χ3v) is 5.79. The van der Waals surface area contributed by atoms with E-state index in [4.69, 9.17) is 5.73 Å². The zero-order chi connectivity index (χ0) is 13.5. The fraction of sp³-hybridized carbons (Fsp3) is 0.625. The minimum absolute atomic E-state index is 0.114. The van der Waals surface area contributed by atoms with Crippen LogP contribution in [0.25, 0.3) is 0 Å². The molecule has 0 spiro atoms. The van der Waals surface area contributed by atoms with Gasteiger partial charge in [0.05, 0.1) is 5.60 Å². The molecule has 1 fully saturated rings. The Morgan fingerprint density at radius 2 is 2.00 bits per heavy atom. The van der Waals surface area contributed by atoms with Gasteiger partial charge < -0.3 is 10.8 Å². The Morgan fingerprint density at radius 3 is 2.79 bits per heavy atom. The van der Waals surface area contributed by atoms with Gasteiger partial charge in [-0.3, -0.25) is 0 Å². The zero-order valence-electron chi connectivity index (χ0n) is 11.3. The molecule has 0 saturated heterocycles. The highest BCUT2D eigenvalue weighted by Crippen LogP contribution is 2.54. The summed E-state index contributed by atoms with van der Waals surface area (Å²) in [6.07, 6.45) is 7.13. The van der Waals surface area contributed by atoms with Crippen molar-refractivity contribution < 1.29 is 5.11 Å². The Bertz CT molecular complexity index is 486. The number of halogens is 1. The summed E-state index contributed by atoms with van der Waals surface area (Å²) in [7, 11) is 0. The molecule has 2 aliphatic rings. The first-order valence-electron chi connectivity index (χ1n) is 7.33. The average Bonchev–Trinajstić information content (AvgIpc) is 2.40. The highest BCUT2D eigenvalue weighted by atomic mass is 79.9. The van der Waals surface area contributed by atoms with E-state index >= 15 is 0 Å². The molecule has 2 nitrogen and oxygen atoms in total. The molecule has 0 radical (unpaired) electrons. The number of aliphatic hydroxyl groups is 1. The molecule has 1 saturated carbocycles. The molecule has 0 aliphatic heterocycles. The van der Waals surface area contributed by atoms with E-state index in [9.17, 15) is 5.11 Å². The molecule has 3 rings (SSSR count). The number of aryl methyl sites for hydroxylation is 1. The van der Waals surface area contributed by atoms with Gasteiger partial charge in [-0.2, -0.15) is 0 Å². The van der Waals surface area contributed by atoms with Gasteiger partial charge in [0.15, 0.2) is 0 Å². The lowest BCUT2D eigenvalue weighted by Crippen LogP contribution is -2.57. The predicted octanol–water partition coefficient (Wildman–Crippen LogP) is 3.29. The Labute approximate surface area is 123 Å². The molecule has 3 heteroatoms. The van der Waals surface area contributed by atoms with Crippen molar-refractivity contribution in [1.29, 1.82) is 0 Å². The number of nitrogens with two attached hydrogens (primary N) is 1. The van der Waals surface area contributed by atoms with Gasteiger partial charge in [0.1, 0.15) is 0 Å². The highest BCUT2D eigenvalue weighted by Gasteiger charge is 2.54. The van der Waals surface area contributed by atoms with Crippen LogP contribution in [0.3, 0.4) is 0 Å². The molecular weight excluding hydrogens is 302 g/mol. The summed E-state index contributed by atoms with van der Waals surface area (Å²) in [5, 5.41) is 11.2. The maximum atomic E-state index is 11.2. The fourth-order valence-corrected chi connectivity index (χ4v) is 4.72. The largest absolute Gasteiger partial charge is 0.389 e. The SMILES string of the molecule is NCCC12CCCCC1(O)CCc1ccc(Br)cc12. The summed E-state index contributed by atoms with van der Waals surface area (Å²) in [5.74, 6) is 0. The second-order valence-corrected chi connectivity index (χ2v) is 7.08. The van der Waals surface area contributed by atoms with Crippen molar-refractivity contribution in [1.82, 2.24) is 0 Å². The van der Waals surface area contributed by atoms with Crippen LogP contribution in [0.15, 0.2) is 22.7 Å². The molecule has 1 aromatic rings. The van der Waals surface area contributed by atoms with Gasteiger partial charge in [-0.1, -0.05) is 34.8 Å². The van der Waals surface area contributed by atoms with Gasteiger partial charge in [0.2, 0.25) is 0 Å². The Kier molecular flexibility index (Phi) is 3.48. The van der Waals surface area contributed by atoms with Gasteiger partial charge in [-0.25, -0.2) is 0 Å². The smallest absolute Gasteiger partial charge is 0.0747 e. The first-order valence-corrected chi connectivity index (χ1v) is 8.12. The first kappa shape index (κ1) is 13.6. The number of rotatable bonds is 2. The monoisotopic (exact) mass is 323 g/mol. The zero-order valence-corrected chi connectivity index (χ0v) is 12.9. The second-order valence-electron chi connectivity index (χ2n) is 6.16. The topological polar surface area (TPSA) is 46.2 Å². The van der Waals surface area contributed by atoms with Crippen LogP contribution < -0.4 is 5.73 Å². The van der Waals surface area contributed by atoms with Crippen molar-refractivity contribution >= 4 is 15.9 Å².